The van der Waals surface area contributed by atoms with E-state index < -0.39 is 0 Å². The standard InChI is InChI=1S/C14H18BrN3O3/c1-2-21-14(20)18-7-4-11(5-8-18)17-13(19)10-3-6-16-12(15)9-10/h3,6,9,11H,2,4-5,7-8H2,1H3,(H,17,19). The molecule has 2 heterocycles. The van der Waals surface area contributed by atoms with E-state index >= 15 is 0 Å². The monoisotopic (exact) mass is 355 g/mol. The summed E-state index contributed by atoms with van der Waals surface area (Å²) in [6.45, 7) is 3.37. The van der Waals surface area contributed by atoms with E-state index in [9.17, 15) is 9.59 Å². The zero-order valence-corrected chi connectivity index (χ0v) is 13.4. The molecule has 0 unspecified atom stereocenters. The molecule has 1 aromatic rings. The lowest BCUT2D eigenvalue weighted by molar-refractivity contribution is 0.0860. The Kier molecular flexibility index (Phi) is 5.55. The molecule has 2 rings (SSSR count). The average molecular weight is 356 g/mol. The van der Waals surface area contributed by atoms with Crippen molar-refractivity contribution in [3.8, 4) is 0 Å². The smallest absolute Gasteiger partial charge is 0.409 e. The van der Waals surface area contributed by atoms with Gasteiger partial charge in [-0.25, -0.2) is 9.78 Å². The SMILES string of the molecule is CCOC(=O)N1CCC(NC(=O)c2ccnc(Br)c2)CC1. The van der Waals surface area contributed by atoms with Crippen LogP contribution in [0.4, 0.5) is 4.79 Å². The van der Waals surface area contributed by atoms with Gasteiger partial charge in [0, 0.05) is 30.9 Å². The largest absolute Gasteiger partial charge is 0.450 e. The minimum atomic E-state index is -0.277. The molecule has 0 radical (unpaired) electrons. The Balaban J connectivity index is 1.83. The summed E-state index contributed by atoms with van der Waals surface area (Å²) in [7, 11) is 0. The molecule has 0 spiro atoms. The van der Waals surface area contributed by atoms with Crippen molar-refractivity contribution in [3.63, 3.8) is 0 Å². The summed E-state index contributed by atoms with van der Waals surface area (Å²) in [5.41, 5.74) is 0.574. The number of amides is 2. The lowest BCUT2D eigenvalue weighted by Crippen LogP contribution is -2.46. The minimum absolute atomic E-state index is 0.0788. The second kappa shape index (κ2) is 7.40. The summed E-state index contributed by atoms with van der Waals surface area (Å²) in [4.78, 5) is 29.4. The van der Waals surface area contributed by atoms with Crippen molar-refractivity contribution in [1.82, 2.24) is 15.2 Å². The molecule has 1 N–H and O–H groups in total. The van der Waals surface area contributed by atoms with E-state index in [1.165, 1.54) is 0 Å². The number of halogens is 1. The predicted octanol–water partition coefficient (Wildman–Crippen LogP) is 2.19. The van der Waals surface area contributed by atoms with Crippen molar-refractivity contribution in [2.75, 3.05) is 19.7 Å². The van der Waals surface area contributed by atoms with E-state index in [4.69, 9.17) is 4.74 Å². The maximum atomic E-state index is 12.1. The first-order valence-electron chi connectivity index (χ1n) is 6.94. The average Bonchev–Trinajstić information content (AvgIpc) is 2.48. The summed E-state index contributed by atoms with van der Waals surface area (Å²) >= 11 is 3.24. The first kappa shape index (κ1) is 15.8. The van der Waals surface area contributed by atoms with Gasteiger partial charge in [0.1, 0.15) is 4.60 Å². The van der Waals surface area contributed by atoms with Gasteiger partial charge in [0.15, 0.2) is 0 Å². The van der Waals surface area contributed by atoms with E-state index in [2.05, 4.69) is 26.2 Å². The number of nitrogens with one attached hydrogen (secondary N) is 1. The molecule has 1 saturated heterocycles. The highest BCUT2D eigenvalue weighted by Crippen LogP contribution is 2.13. The van der Waals surface area contributed by atoms with Crippen LogP contribution in [0.5, 0.6) is 0 Å². The number of piperidine rings is 1. The molecular formula is C14H18BrN3O3. The van der Waals surface area contributed by atoms with Crippen LogP contribution >= 0.6 is 15.9 Å². The van der Waals surface area contributed by atoms with Gasteiger partial charge < -0.3 is 15.0 Å². The van der Waals surface area contributed by atoms with Crippen LogP contribution in [0.25, 0.3) is 0 Å². The highest BCUT2D eigenvalue weighted by atomic mass is 79.9. The van der Waals surface area contributed by atoms with E-state index in [1.807, 2.05) is 0 Å². The van der Waals surface area contributed by atoms with Gasteiger partial charge in [0.2, 0.25) is 0 Å². The molecule has 21 heavy (non-hydrogen) atoms. The Labute approximate surface area is 132 Å². The Morgan fingerprint density at radius 3 is 2.81 bits per heavy atom. The van der Waals surface area contributed by atoms with Gasteiger partial charge in [-0.3, -0.25) is 4.79 Å². The molecule has 2 amide bonds. The number of hydrogen-bond acceptors (Lipinski definition) is 4. The molecule has 7 heteroatoms. The van der Waals surface area contributed by atoms with E-state index in [0.29, 0.717) is 29.9 Å². The molecule has 6 nitrogen and oxygen atoms in total. The summed E-state index contributed by atoms with van der Waals surface area (Å²) in [5, 5.41) is 2.99. The summed E-state index contributed by atoms with van der Waals surface area (Å²) < 4.78 is 5.60. The molecule has 0 aromatic carbocycles. The fourth-order valence-corrected chi connectivity index (χ4v) is 2.60. The Morgan fingerprint density at radius 2 is 2.19 bits per heavy atom. The zero-order chi connectivity index (χ0) is 15.2. The van der Waals surface area contributed by atoms with E-state index in [0.717, 1.165) is 12.8 Å². The summed E-state index contributed by atoms with van der Waals surface area (Å²) in [5.74, 6) is -0.118. The second-order valence-electron chi connectivity index (χ2n) is 4.80. The first-order chi connectivity index (χ1) is 10.1. The number of hydrogen-bond donors (Lipinski definition) is 1. The third kappa shape index (κ3) is 4.42. The highest BCUT2D eigenvalue weighted by molar-refractivity contribution is 9.10. The summed E-state index contributed by atoms with van der Waals surface area (Å²) in [6, 6.07) is 3.44. The van der Waals surface area contributed by atoms with Crippen LogP contribution < -0.4 is 5.32 Å². The Hall–Kier alpha value is -1.63. The van der Waals surface area contributed by atoms with Crippen molar-refractivity contribution in [2.24, 2.45) is 0 Å². The highest BCUT2D eigenvalue weighted by Gasteiger charge is 2.24. The van der Waals surface area contributed by atoms with Crippen LogP contribution in [0.15, 0.2) is 22.9 Å². The van der Waals surface area contributed by atoms with Gasteiger partial charge in [0.25, 0.3) is 5.91 Å². The van der Waals surface area contributed by atoms with Crippen LogP contribution in [0.2, 0.25) is 0 Å². The number of carbonyl (C=O) groups excluding carboxylic acids is 2. The number of ether oxygens (including phenoxy) is 1. The van der Waals surface area contributed by atoms with Crippen molar-refractivity contribution < 1.29 is 14.3 Å². The van der Waals surface area contributed by atoms with Gasteiger partial charge in [-0.05, 0) is 47.8 Å². The quantitative estimate of drug-likeness (QED) is 0.843. The Bertz CT molecular complexity index is 516. The third-order valence-electron chi connectivity index (χ3n) is 3.34. The fraction of sp³-hybridized carbons (Fsp3) is 0.500. The van der Waals surface area contributed by atoms with Gasteiger partial charge >= 0.3 is 6.09 Å². The maximum absolute atomic E-state index is 12.1. The van der Waals surface area contributed by atoms with Crippen LogP contribution in [0.1, 0.15) is 30.1 Å². The number of carbonyl (C=O) groups is 2. The molecule has 0 aliphatic carbocycles. The van der Waals surface area contributed by atoms with Gasteiger partial charge in [-0.1, -0.05) is 0 Å². The fourth-order valence-electron chi connectivity index (χ4n) is 2.23. The normalized spacial score (nSPS) is 15.6. The number of pyridine rings is 1. The van der Waals surface area contributed by atoms with Crippen molar-refractivity contribution in [3.05, 3.63) is 28.5 Å². The number of nitrogens with zero attached hydrogens (tertiary/aromatic N) is 2. The van der Waals surface area contributed by atoms with Crippen LogP contribution in [0, 0.1) is 0 Å². The lowest BCUT2D eigenvalue weighted by Gasteiger charge is -2.31. The molecular weight excluding hydrogens is 338 g/mol. The topological polar surface area (TPSA) is 71.5 Å². The van der Waals surface area contributed by atoms with E-state index in [1.54, 1.807) is 30.2 Å². The molecule has 0 saturated carbocycles. The van der Waals surface area contributed by atoms with Crippen LogP contribution in [0.3, 0.4) is 0 Å². The minimum Gasteiger partial charge on any atom is -0.450 e. The molecule has 114 valence electrons. The van der Waals surface area contributed by atoms with Crippen molar-refractivity contribution >= 4 is 27.9 Å². The molecule has 1 fully saturated rings. The van der Waals surface area contributed by atoms with Gasteiger partial charge in [0.05, 0.1) is 6.61 Å². The number of aromatic nitrogens is 1. The maximum Gasteiger partial charge on any atom is 0.409 e. The first-order valence-corrected chi connectivity index (χ1v) is 7.73. The molecule has 1 aliphatic heterocycles. The van der Waals surface area contributed by atoms with Crippen LogP contribution in [-0.4, -0.2) is 47.6 Å². The number of likely N-dealkylation sites (tertiary alicyclic amines) is 1. The molecule has 0 bridgehead atoms. The van der Waals surface area contributed by atoms with Gasteiger partial charge in [-0.2, -0.15) is 0 Å². The zero-order valence-electron chi connectivity index (χ0n) is 11.8. The van der Waals surface area contributed by atoms with E-state index in [-0.39, 0.29) is 18.0 Å². The van der Waals surface area contributed by atoms with Gasteiger partial charge in [-0.15, -0.1) is 0 Å². The summed E-state index contributed by atoms with van der Waals surface area (Å²) in [6.07, 6.45) is 2.77. The molecule has 0 atom stereocenters. The van der Waals surface area contributed by atoms with Crippen LogP contribution in [-0.2, 0) is 4.74 Å². The molecule has 1 aliphatic rings. The third-order valence-corrected chi connectivity index (χ3v) is 3.78. The van der Waals surface area contributed by atoms with Crippen molar-refractivity contribution in [2.45, 2.75) is 25.8 Å². The molecule has 1 aromatic heterocycles. The Morgan fingerprint density at radius 1 is 1.48 bits per heavy atom. The predicted molar refractivity (Wildman–Crippen MR) is 81.0 cm³/mol. The van der Waals surface area contributed by atoms with Crippen molar-refractivity contribution in [1.29, 1.82) is 0 Å². The lowest BCUT2D eigenvalue weighted by atomic mass is 10.0. The second-order valence-corrected chi connectivity index (χ2v) is 5.61. The number of rotatable bonds is 3.